The van der Waals surface area contributed by atoms with E-state index in [9.17, 15) is 21.6 Å². The fraction of sp³-hybridized carbons (Fsp3) is 0.556. The standard InChI is InChI=1S/C18H28N4O5S2/c1-5-22-16-8-7-14(29(26,27)21(3)4)13-15(16)20-17(22)9-10-18(23)19-11-12-28(24,25)6-2/h7-8,13H,5-6,9-12H2,1-4H3,(H,19,23). The quantitative estimate of drug-likeness (QED) is 0.579. The fourth-order valence-corrected chi connectivity index (χ4v) is 4.50. The molecule has 2 aromatic rings. The number of rotatable bonds is 10. The predicted molar refractivity (Wildman–Crippen MR) is 112 cm³/mol. The second-order valence-corrected chi connectivity index (χ2v) is 11.4. The maximum absolute atomic E-state index is 12.3. The van der Waals surface area contributed by atoms with Crippen LogP contribution < -0.4 is 5.32 Å². The van der Waals surface area contributed by atoms with Crippen molar-refractivity contribution in [3.63, 3.8) is 0 Å². The molecule has 1 aromatic carbocycles. The van der Waals surface area contributed by atoms with Crippen molar-refractivity contribution in [2.75, 3.05) is 32.1 Å². The zero-order valence-corrected chi connectivity index (χ0v) is 18.8. The summed E-state index contributed by atoms with van der Waals surface area (Å²) in [6, 6.07) is 4.81. The average molecular weight is 445 g/mol. The van der Waals surface area contributed by atoms with Crippen LogP contribution in [0, 0.1) is 0 Å². The first-order valence-corrected chi connectivity index (χ1v) is 12.7. The lowest BCUT2D eigenvalue weighted by atomic mass is 10.3. The molecule has 1 aromatic heterocycles. The highest BCUT2D eigenvalue weighted by Crippen LogP contribution is 2.22. The monoisotopic (exact) mass is 444 g/mol. The van der Waals surface area contributed by atoms with Crippen LogP contribution in [0.5, 0.6) is 0 Å². The van der Waals surface area contributed by atoms with Crippen LogP contribution in [-0.4, -0.2) is 68.7 Å². The van der Waals surface area contributed by atoms with Gasteiger partial charge in [-0.3, -0.25) is 4.79 Å². The van der Waals surface area contributed by atoms with Crippen LogP contribution in [0.3, 0.4) is 0 Å². The molecule has 11 heteroatoms. The van der Waals surface area contributed by atoms with Crippen molar-refractivity contribution < 1.29 is 21.6 Å². The lowest BCUT2D eigenvalue weighted by molar-refractivity contribution is -0.120. The van der Waals surface area contributed by atoms with Crippen molar-refractivity contribution in [1.82, 2.24) is 19.2 Å². The highest BCUT2D eigenvalue weighted by molar-refractivity contribution is 7.91. The van der Waals surface area contributed by atoms with E-state index in [1.807, 2.05) is 11.5 Å². The third-order valence-corrected chi connectivity index (χ3v) is 8.16. The van der Waals surface area contributed by atoms with Crippen LogP contribution in [0.25, 0.3) is 11.0 Å². The third kappa shape index (κ3) is 5.55. The van der Waals surface area contributed by atoms with Gasteiger partial charge in [0.25, 0.3) is 0 Å². The van der Waals surface area contributed by atoms with E-state index in [4.69, 9.17) is 0 Å². The molecular formula is C18H28N4O5S2. The molecule has 0 saturated heterocycles. The van der Waals surface area contributed by atoms with Crippen LogP contribution in [0.1, 0.15) is 26.1 Å². The Morgan fingerprint density at radius 3 is 2.45 bits per heavy atom. The van der Waals surface area contributed by atoms with Crippen molar-refractivity contribution in [2.24, 2.45) is 0 Å². The van der Waals surface area contributed by atoms with Crippen molar-refractivity contribution >= 4 is 36.8 Å². The summed E-state index contributed by atoms with van der Waals surface area (Å²) in [5.74, 6) is 0.404. The Hall–Kier alpha value is -1.98. The zero-order valence-electron chi connectivity index (χ0n) is 17.2. The Kier molecular flexibility index (Phi) is 7.41. The van der Waals surface area contributed by atoms with Crippen molar-refractivity contribution in [2.45, 2.75) is 38.1 Å². The summed E-state index contributed by atoms with van der Waals surface area (Å²) in [4.78, 5) is 16.7. The number of benzene rings is 1. The van der Waals surface area contributed by atoms with E-state index in [0.29, 0.717) is 24.3 Å². The lowest BCUT2D eigenvalue weighted by Gasteiger charge is -2.11. The molecular weight excluding hydrogens is 416 g/mol. The van der Waals surface area contributed by atoms with Gasteiger partial charge in [0.05, 0.1) is 21.7 Å². The third-order valence-electron chi connectivity index (χ3n) is 4.64. The van der Waals surface area contributed by atoms with Gasteiger partial charge < -0.3 is 9.88 Å². The molecule has 0 fully saturated rings. The second-order valence-electron chi connectivity index (χ2n) is 6.80. The molecule has 2 rings (SSSR count). The van der Waals surface area contributed by atoms with E-state index >= 15 is 0 Å². The van der Waals surface area contributed by atoms with Crippen molar-refractivity contribution in [3.05, 3.63) is 24.0 Å². The van der Waals surface area contributed by atoms with Crippen LogP contribution >= 0.6 is 0 Å². The van der Waals surface area contributed by atoms with E-state index in [2.05, 4.69) is 10.3 Å². The summed E-state index contributed by atoms with van der Waals surface area (Å²) in [5.41, 5.74) is 1.36. The molecule has 0 aliphatic carbocycles. The number of carbonyl (C=O) groups is 1. The molecule has 0 spiro atoms. The summed E-state index contributed by atoms with van der Waals surface area (Å²) < 4.78 is 50.7. The summed E-state index contributed by atoms with van der Waals surface area (Å²) in [5, 5.41) is 2.62. The second kappa shape index (κ2) is 9.23. The number of fused-ring (bicyclic) bond motifs is 1. The first-order chi connectivity index (χ1) is 13.5. The topological polar surface area (TPSA) is 118 Å². The van der Waals surface area contributed by atoms with Crippen LogP contribution in [0.2, 0.25) is 0 Å². The van der Waals surface area contributed by atoms with Crippen molar-refractivity contribution in [1.29, 1.82) is 0 Å². The summed E-state index contributed by atoms with van der Waals surface area (Å²) in [6.07, 6.45) is 0.531. The van der Waals surface area contributed by atoms with E-state index < -0.39 is 19.9 Å². The van der Waals surface area contributed by atoms with Gasteiger partial charge in [-0.2, -0.15) is 0 Å². The average Bonchev–Trinajstić information content (AvgIpc) is 3.02. The van der Waals surface area contributed by atoms with E-state index in [1.54, 1.807) is 19.1 Å². The van der Waals surface area contributed by atoms with E-state index in [0.717, 1.165) is 9.82 Å². The Balaban J connectivity index is 2.14. The molecule has 1 amide bonds. The van der Waals surface area contributed by atoms with Crippen LogP contribution in [0.15, 0.2) is 23.1 Å². The minimum absolute atomic E-state index is 0.0505. The van der Waals surface area contributed by atoms with Gasteiger partial charge in [-0.25, -0.2) is 26.1 Å². The van der Waals surface area contributed by atoms with Gasteiger partial charge >= 0.3 is 0 Å². The number of imidazole rings is 1. The minimum atomic E-state index is -3.56. The Morgan fingerprint density at radius 1 is 1.17 bits per heavy atom. The molecule has 0 saturated carbocycles. The van der Waals surface area contributed by atoms with E-state index in [-0.39, 0.29) is 35.3 Å². The number of sulfone groups is 1. The molecule has 0 bridgehead atoms. The van der Waals surface area contributed by atoms with Crippen molar-refractivity contribution in [3.8, 4) is 0 Å². The Morgan fingerprint density at radius 2 is 1.86 bits per heavy atom. The number of aromatic nitrogens is 2. The normalized spacial score (nSPS) is 12.6. The van der Waals surface area contributed by atoms with Gasteiger partial charge in [0.2, 0.25) is 15.9 Å². The molecule has 0 unspecified atom stereocenters. The molecule has 29 heavy (non-hydrogen) atoms. The molecule has 1 heterocycles. The van der Waals surface area contributed by atoms with Crippen LogP contribution in [0.4, 0.5) is 0 Å². The minimum Gasteiger partial charge on any atom is -0.355 e. The molecule has 9 nitrogen and oxygen atoms in total. The first kappa shape index (κ1) is 23.3. The molecule has 0 aliphatic heterocycles. The largest absolute Gasteiger partial charge is 0.355 e. The number of hydrogen-bond donors (Lipinski definition) is 1. The summed E-state index contributed by atoms with van der Waals surface area (Å²) in [6.45, 7) is 4.24. The van der Waals surface area contributed by atoms with Gasteiger partial charge in [-0.1, -0.05) is 6.92 Å². The highest BCUT2D eigenvalue weighted by Gasteiger charge is 2.19. The Labute approximate surface area is 172 Å². The first-order valence-electron chi connectivity index (χ1n) is 9.40. The number of nitrogens with one attached hydrogen (secondary N) is 1. The maximum Gasteiger partial charge on any atom is 0.242 e. The molecule has 0 aliphatic rings. The number of carbonyl (C=O) groups excluding carboxylic acids is 1. The SMILES string of the molecule is CCn1c(CCC(=O)NCCS(=O)(=O)CC)nc2cc(S(=O)(=O)N(C)C)ccc21. The maximum atomic E-state index is 12.3. The predicted octanol–water partition coefficient (Wildman–Crippen LogP) is 0.790. The molecule has 0 atom stereocenters. The molecule has 162 valence electrons. The number of aryl methyl sites for hydroxylation is 2. The number of sulfonamides is 1. The van der Waals surface area contributed by atoms with Gasteiger partial charge in [-0.05, 0) is 25.1 Å². The summed E-state index contributed by atoms with van der Waals surface area (Å²) in [7, 11) is -3.73. The van der Waals surface area contributed by atoms with Gasteiger partial charge in [0, 0.05) is 45.8 Å². The number of hydrogen-bond acceptors (Lipinski definition) is 6. The smallest absolute Gasteiger partial charge is 0.242 e. The number of nitrogens with zero attached hydrogens (tertiary/aromatic N) is 3. The Bertz CT molecular complexity index is 1090. The number of amides is 1. The van der Waals surface area contributed by atoms with E-state index in [1.165, 1.54) is 20.2 Å². The fourth-order valence-electron chi connectivity index (χ4n) is 2.88. The van der Waals surface area contributed by atoms with Gasteiger partial charge in [0.15, 0.2) is 9.84 Å². The van der Waals surface area contributed by atoms with Gasteiger partial charge in [-0.15, -0.1) is 0 Å². The van der Waals surface area contributed by atoms with Gasteiger partial charge in [0.1, 0.15) is 5.82 Å². The lowest BCUT2D eigenvalue weighted by Crippen LogP contribution is -2.29. The summed E-state index contributed by atoms with van der Waals surface area (Å²) >= 11 is 0. The highest BCUT2D eigenvalue weighted by atomic mass is 32.2. The molecule has 0 radical (unpaired) electrons. The van der Waals surface area contributed by atoms with Crippen LogP contribution in [-0.2, 0) is 37.6 Å². The zero-order chi connectivity index (χ0) is 21.8. The molecule has 1 N–H and O–H groups in total.